The van der Waals surface area contributed by atoms with Gasteiger partial charge in [-0.15, -0.1) is 0 Å². The van der Waals surface area contributed by atoms with Gasteiger partial charge in [-0.2, -0.15) is 9.88 Å². The third kappa shape index (κ3) is 7.98. The predicted octanol–water partition coefficient (Wildman–Crippen LogP) is 6.05. The molecule has 1 saturated heterocycles. The lowest BCUT2D eigenvalue weighted by Crippen LogP contribution is -2.43. The minimum Gasteiger partial charge on any atom is -0.494 e. The first-order chi connectivity index (χ1) is 22.2. The molecule has 13 heteroatoms. The maximum Gasteiger partial charge on any atom is 0.424 e. The number of ether oxygens (including phenoxy) is 4. The standard InChI is InChI=1S/C34H40N6O7/c1-33(2,3)46-31(42)40(32(43)47-34(4,5)6)25-10-8-9-24(19-25)39-28(41)14-11-22-21-35-30(37-29(22)39)36-26-13-12-23(20-27(26)44-7)38-15-17-45-18-16-38/h8-14,19-21H,15-18H2,1-7H3,(H,35,36,37). The Labute approximate surface area is 273 Å². The van der Waals surface area contributed by atoms with E-state index < -0.39 is 23.4 Å². The second-order valence-corrected chi connectivity index (χ2v) is 12.9. The average Bonchev–Trinajstić information content (AvgIpc) is 3.00. The summed E-state index contributed by atoms with van der Waals surface area (Å²) in [5.41, 5.74) is 0.308. The molecule has 1 aliphatic rings. The van der Waals surface area contributed by atoms with Crippen molar-refractivity contribution in [2.24, 2.45) is 0 Å². The molecule has 2 aromatic carbocycles. The minimum absolute atomic E-state index is 0.146. The smallest absolute Gasteiger partial charge is 0.424 e. The van der Waals surface area contributed by atoms with E-state index in [1.807, 2.05) is 18.2 Å². The van der Waals surface area contributed by atoms with E-state index in [-0.39, 0.29) is 17.2 Å². The fraction of sp³-hybridized carbons (Fsp3) is 0.382. The van der Waals surface area contributed by atoms with Crippen molar-refractivity contribution in [1.29, 1.82) is 0 Å². The number of benzene rings is 2. The van der Waals surface area contributed by atoms with Crippen LogP contribution in [0.25, 0.3) is 16.7 Å². The van der Waals surface area contributed by atoms with Crippen LogP contribution in [0.15, 0.2) is 65.6 Å². The third-order valence-electron chi connectivity index (χ3n) is 6.94. The first-order valence-electron chi connectivity index (χ1n) is 15.3. The molecular formula is C34H40N6O7. The number of pyridine rings is 1. The Morgan fingerprint density at radius 3 is 2.21 bits per heavy atom. The van der Waals surface area contributed by atoms with Gasteiger partial charge in [0, 0.05) is 42.5 Å². The van der Waals surface area contributed by atoms with Crippen molar-refractivity contribution in [3.05, 3.63) is 71.1 Å². The Bertz CT molecular complexity index is 1810. The molecule has 2 amide bonds. The molecule has 0 spiro atoms. The monoisotopic (exact) mass is 644 g/mol. The average molecular weight is 645 g/mol. The van der Waals surface area contributed by atoms with Gasteiger partial charge in [-0.3, -0.25) is 9.36 Å². The van der Waals surface area contributed by atoms with Crippen LogP contribution in [0.2, 0.25) is 0 Å². The molecule has 13 nitrogen and oxygen atoms in total. The van der Waals surface area contributed by atoms with Gasteiger partial charge >= 0.3 is 12.2 Å². The fourth-order valence-corrected chi connectivity index (χ4v) is 4.92. The summed E-state index contributed by atoms with van der Waals surface area (Å²) in [5, 5.41) is 3.80. The van der Waals surface area contributed by atoms with E-state index in [0.717, 1.165) is 23.7 Å². The number of hydrogen-bond acceptors (Lipinski definition) is 11. The van der Waals surface area contributed by atoms with E-state index in [0.29, 0.717) is 41.4 Å². The number of aromatic nitrogens is 3. The van der Waals surface area contributed by atoms with Crippen LogP contribution in [-0.2, 0) is 14.2 Å². The molecule has 47 heavy (non-hydrogen) atoms. The molecule has 4 aromatic rings. The number of methoxy groups -OCH3 is 1. The van der Waals surface area contributed by atoms with E-state index in [4.69, 9.17) is 23.9 Å². The number of nitrogens with one attached hydrogen (secondary N) is 1. The van der Waals surface area contributed by atoms with Gasteiger partial charge in [-0.05, 0) is 77.9 Å². The molecule has 0 aliphatic carbocycles. The van der Waals surface area contributed by atoms with Gasteiger partial charge in [0.2, 0.25) is 5.95 Å². The molecule has 5 rings (SSSR count). The van der Waals surface area contributed by atoms with E-state index in [1.54, 1.807) is 79.1 Å². The number of amides is 2. The molecule has 3 heterocycles. The van der Waals surface area contributed by atoms with Gasteiger partial charge in [0.25, 0.3) is 5.56 Å². The molecule has 1 fully saturated rings. The van der Waals surface area contributed by atoms with E-state index in [2.05, 4.69) is 15.2 Å². The zero-order valence-electron chi connectivity index (χ0n) is 27.7. The van der Waals surface area contributed by atoms with Crippen LogP contribution in [0.5, 0.6) is 5.75 Å². The summed E-state index contributed by atoms with van der Waals surface area (Å²) in [4.78, 5) is 52.1. The number of carbonyl (C=O) groups is 2. The van der Waals surface area contributed by atoms with Gasteiger partial charge in [0.05, 0.1) is 37.4 Å². The van der Waals surface area contributed by atoms with Gasteiger partial charge in [-0.1, -0.05) is 6.07 Å². The summed E-state index contributed by atoms with van der Waals surface area (Å²) in [6, 6.07) is 15.2. The van der Waals surface area contributed by atoms with Crippen LogP contribution in [-0.4, -0.2) is 71.3 Å². The van der Waals surface area contributed by atoms with Crippen molar-refractivity contribution < 1.29 is 28.5 Å². The van der Waals surface area contributed by atoms with Crippen molar-refractivity contribution in [2.75, 3.05) is 48.5 Å². The molecule has 2 aromatic heterocycles. The van der Waals surface area contributed by atoms with Crippen LogP contribution < -0.4 is 25.4 Å². The van der Waals surface area contributed by atoms with Crippen LogP contribution in [0, 0.1) is 0 Å². The number of hydrogen-bond donors (Lipinski definition) is 1. The Kier molecular flexibility index (Phi) is 9.38. The van der Waals surface area contributed by atoms with Crippen molar-refractivity contribution in [1.82, 2.24) is 14.5 Å². The van der Waals surface area contributed by atoms with Crippen LogP contribution >= 0.6 is 0 Å². The first kappa shape index (κ1) is 33.2. The topological polar surface area (TPSA) is 137 Å². The van der Waals surface area contributed by atoms with Crippen molar-refractivity contribution in [3.63, 3.8) is 0 Å². The number of rotatable bonds is 6. The Morgan fingerprint density at radius 1 is 0.894 bits per heavy atom. The van der Waals surface area contributed by atoms with E-state index >= 15 is 0 Å². The number of imide groups is 1. The highest BCUT2D eigenvalue weighted by Gasteiger charge is 2.33. The summed E-state index contributed by atoms with van der Waals surface area (Å²) >= 11 is 0. The Morgan fingerprint density at radius 2 is 1.57 bits per heavy atom. The van der Waals surface area contributed by atoms with Crippen molar-refractivity contribution in [2.45, 2.75) is 52.7 Å². The highest BCUT2D eigenvalue weighted by molar-refractivity contribution is 6.09. The molecule has 1 aliphatic heterocycles. The molecule has 0 bridgehead atoms. The number of fused-ring (bicyclic) bond motifs is 1. The number of nitrogens with zero attached hydrogens (tertiary/aromatic N) is 5. The molecule has 0 atom stereocenters. The largest absolute Gasteiger partial charge is 0.494 e. The summed E-state index contributed by atoms with van der Waals surface area (Å²) in [7, 11) is 1.59. The molecule has 0 saturated carbocycles. The quantitative estimate of drug-likeness (QED) is 0.263. The number of morpholine rings is 1. The predicted molar refractivity (Wildman–Crippen MR) is 179 cm³/mol. The van der Waals surface area contributed by atoms with Crippen molar-refractivity contribution in [3.8, 4) is 11.4 Å². The van der Waals surface area contributed by atoms with Gasteiger partial charge in [0.1, 0.15) is 17.0 Å². The second kappa shape index (κ2) is 13.3. The van der Waals surface area contributed by atoms with Crippen molar-refractivity contribution >= 4 is 46.2 Å². The lowest BCUT2D eigenvalue weighted by atomic mass is 10.2. The van der Waals surface area contributed by atoms with Gasteiger partial charge in [-0.25, -0.2) is 14.6 Å². The summed E-state index contributed by atoms with van der Waals surface area (Å²) in [6.07, 6.45) is -0.236. The lowest BCUT2D eigenvalue weighted by Gasteiger charge is -2.29. The highest BCUT2D eigenvalue weighted by atomic mass is 16.6. The zero-order valence-corrected chi connectivity index (χ0v) is 27.7. The zero-order chi connectivity index (χ0) is 33.9. The van der Waals surface area contributed by atoms with Crippen LogP contribution in [0.1, 0.15) is 41.5 Å². The molecule has 248 valence electrons. The maximum atomic E-state index is 13.4. The maximum absolute atomic E-state index is 13.4. The Hall–Kier alpha value is -5.17. The fourth-order valence-electron chi connectivity index (χ4n) is 4.92. The summed E-state index contributed by atoms with van der Waals surface area (Å²) < 4.78 is 23.6. The van der Waals surface area contributed by atoms with E-state index in [9.17, 15) is 14.4 Å². The SMILES string of the molecule is COc1cc(N2CCOCC2)ccc1Nc1ncc2ccc(=O)n(-c3cccc(N(C(=O)OC(C)(C)C)C(=O)OC(C)(C)C)c3)c2n1. The molecule has 0 radical (unpaired) electrons. The minimum atomic E-state index is -0.920. The van der Waals surface area contributed by atoms with Gasteiger partial charge < -0.3 is 29.2 Å². The normalized spacial score (nSPS) is 13.6. The summed E-state index contributed by atoms with van der Waals surface area (Å²) in [5.74, 6) is 0.829. The third-order valence-corrected chi connectivity index (χ3v) is 6.94. The number of carbonyl (C=O) groups excluding carboxylic acids is 2. The molecule has 1 N–H and O–H groups in total. The summed E-state index contributed by atoms with van der Waals surface area (Å²) in [6.45, 7) is 13.1. The van der Waals surface area contributed by atoms with Gasteiger partial charge in [0.15, 0.2) is 5.65 Å². The van der Waals surface area contributed by atoms with Crippen LogP contribution in [0.3, 0.4) is 0 Å². The first-order valence-corrected chi connectivity index (χ1v) is 15.3. The van der Waals surface area contributed by atoms with E-state index in [1.165, 1.54) is 16.7 Å². The highest BCUT2D eigenvalue weighted by Crippen LogP contribution is 2.32. The lowest BCUT2D eigenvalue weighted by molar-refractivity contribution is 0.0430. The number of anilines is 4. The Balaban J connectivity index is 1.53. The second-order valence-electron chi connectivity index (χ2n) is 12.9. The molecular weight excluding hydrogens is 604 g/mol. The molecule has 0 unspecified atom stereocenters. The van der Waals surface area contributed by atoms with Crippen LogP contribution in [0.4, 0.5) is 32.6 Å².